The third-order valence-electron chi connectivity index (χ3n) is 4.80. The molecule has 4 rings (SSSR count). The third-order valence-corrected chi connectivity index (χ3v) is 4.80. The average Bonchev–Trinajstić information content (AvgIpc) is 2.93. The van der Waals surface area contributed by atoms with Crippen LogP contribution < -0.4 is 5.32 Å². The Hall–Kier alpha value is -3.21. The Balaban J connectivity index is 1.71. The first-order chi connectivity index (χ1) is 12.7. The van der Waals surface area contributed by atoms with E-state index in [4.69, 9.17) is 0 Å². The summed E-state index contributed by atoms with van der Waals surface area (Å²) < 4.78 is 2.25. The quantitative estimate of drug-likeness (QED) is 0.593. The fraction of sp³-hybridized carbons (Fsp3) is 0.190. The molecule has 130 valence electrons. The van der Waals surface area contributed by atoms with Gasteiger partial charge in [0.1, 0.15) is 17.8 Å². The summed E-state index contributed by atoms with van der Waals surface area (Å²) in [6.45, 7) is 5.78. The fourth-order valence-electron chi connectivity index (χ4n) is 3.25. The molecular weight excluding hydrogens is 322 g/mol. The van der Waals surface area contributed by atoms with Gasteiger partial charge >= 0.3 is 0 Å². The maximum atomic E-state index is 4.57. The second-order valence-corrected chi connectivity index (χ2v) is 6.41. The number of hydrogen-bond acceptors (Lipinski definition) is 4. The Bertz CT molecular complexity index is 1020. The number of aryl methyl sites for hydroxylation is 1. The van der Waals surface area contributed by atoms with E-state index in [9.17, 15) is 0 Å². The number of rotatable bonds is 5. The zero-order valence-electron chi connectivity index (χ0n) is 15.0. The lowest BCUT2D eigenvalue weighted by Gasteiger charge is -2.09. The minimum absolute atomic E-state index is 0.737. The highest BCUT2D eigenvalue weighted by Gasteiger charge is 2.16. The van der Waals surface area contributed by atoms with Crippen molar-refractivity contribution < 1.29 is 0 Å². The normalized spacial score (nSPS) is 11.0. The highest BCUT2D eigenvalue weighted by Crippen LogP contribution is 2.29. The minimum Gasteiger partial charge on any atom is -0.365 e. The molecule has 0 spiro atoms. The number of pyridine rings is 1. The van der Waals surface area contributed by atoms with Crippen molar-refractivity contribution >= 4 is 16.9 Å². The fourth-order valence-corrected chi connectivity index (χ4v) is 3.25. The van der Waals surface area contributed by atoms with Gasteiger partial charge in [-0.25, -0.2) is 9.97 Å². The topological polar surface area (TPSA) is 55.6 Å². The molecule has 0 aliphatic heterocycles. The number of aromatic nitrogens is 4. The Morgan fingerprint density at radius 1 is 0.923 bits per heavy atom. The van der Waals surface area contributed by atoms with E-state index in [1.165, 1.54) is 22.4 Å². The van der Waals surface area contributed by atoms with Gasteiger partial charge in [-0.1, -0.05) is 30.3 Å². The molecular formula is C21H21N5. The van der Waals surface area contributed by atoms with Crippen molar-refractivity contribution in [3.05, 3.63) is 83.6 Å². The van der Waals surface area contributed by atoms with E-state index in [1.807, 2.05) is 42.7 Å². The molecule has 1 aromatic carbocycles. The number of fused-ring (bicyclic) bond motifs is 1. The SMILES string of the molecule is Cc1c(C)n(Cc2ccncc2)c2ncnc(NCc3ccccc3)c12. The Kier molecular flexibility index (Phi) is 4.35. The van der Waals surface area contributed by atoms with Crippen LogP contribution in [0.15, 0.2) is 61.2 Å². The third kappa shape index (κ3) is 3.04. The molecule has 4 aromatic rings. The van der Waals surface area contributed by atoms with Crippen LogP contribution in [0.25, 0.3) is 11.0 Å². The predicted molar refractivity (Wildman–Crippen MR) is 104 cm³/mol. The summed E-state index contributed by atoms with van der Waals surface area (Å²) in [6.07, 6.45) is 5.29. The molecule has 1 N–H and O–H groups in total. The second kappa shape index (κ2) is 6.96. The van der Waals surface area contributed by atoms with Crippen molar-refractivity contribution in [2.45, 2.75) is 26.9 Å². The first-order valence-corrected chi connectivity index (χ1v) is 8.71. The molecule has 0 atom stereocenters. The summed E-state index contributed by atoms with van der Waals surface area (Å²) >= 11 is 0. The molecule has 26 heavy (non-hydrogen) atoms. The van der Waals surface area contributed by atoms with Crippen LogP contribution in [-0.4, -0.2) is 19.5 Å². The molecule has 0 aliphatic carbocycles. The van der Waals surface area contributed by atoms with Gasteiger partial charge < -0.3 is 9.88 Å². The molecule has 0 bridgehead atoms. The predicted octanol–water partition coefficient (Wildman–Crippen LogP) is 4.10. The molecule has 5 nitrogen and oxygen atoms in total. The van der Waals surface area contributed by atoms with Gasteiger partial charge in [0.25, 0.3) is 0 Å². The van der Waals surface area contributed by atoms with Crippen molar-refractivity contribution in [3.63, 3.8) is 0 Å². The van der Waals surface area contributed by atoms with Gasteiger partial charge in [0.05, 0.1) is 5.39 Å². The summed E-state index contributed by atoms with van der Waals surface area (Å²) in [5.74, 6) is 0.882. The van der Waals surface area contributed by atoms with Crippen LogP contribution in [0.5, 0.6) is 0 Å². The maximum absolute atomic E-state index is 4.57. The first kappa shape index (κ1) is 16.3. The van der Waals surface area contributed by atoms with Gasteiger partial charge in [0, 0.05) is 31.2 Å². The van der Waals surface area contributed by atoms with Gasteiger partial charge in [0.15, 0.2) is 0 Å². The number of nitrogens with zero attached hydrogens (tertiary/aromatic N) is 4. The molecule has 3 heterocycles. The van der Waals surface area contributed by atoms with Gasteiger partial charge in [-0.2, -0.15) is 0 Å². The van der Waals surface area contributed by atoms with Crippen LogP contribution in [0.3, 0.4) is 0 Å². The lowest BCUT2D eigenvalue weighted by Crippen LogP contribution is -2.05. The summed E-state index contributed by atoms with van der Waals surface area (Å²) in [7, 11) is 0. The summed E-state index contributed by atoms with van der Waals surface area (Å²) in [6, 6.07) is 14.4. The van der Waals surface area contributed by atoms with Crippen LogP contribution in [0.1, 0.15) is 22.4 Å². The standard InChI is InChI=1S/C21H21N5/c1-15-16(2)26(13-18-8-10-22-11-9-18)21-19(15)20(24-14-25-21)23-12-17-6-4-3-5-7-17/h3-11,14H,12-13H2,1-2H3,(H,23,24,25). The van der Waals surface area contributed by atoms with E-state index in [-0.39, 0.29) is 0 Å². The van der Waals surface area contributed by atoms with Crippen molar-refractivity contribution in [2.75, 3.05) is 5.32 Å². The van der Waals surface area contributed by atoms with Crippen LogP contribution in [0, 0.1) is 13.8 Å². The molecule has 0 aliphatic rings. The Labute approximate surface area is 152 Å². The molecule has 0 fully saturated rings. The number of hydrogen-bond donors (Lipinski definition) is 1. The summed E-state index contributed by atoms with van der Waals surface area (Å²) in [4.78, 5) is 13.2. The largest absolute Gasteiger partial charge is 0.365 e. The maximum Gasteiger partial charge on any atom is 0.146 e. The smallest absolute Gasteiger partial charge is 0.146 e. The van der Waals surface area contributed by atoms with E-state index in [0.29, 0.717) is 0 Å². The molecule has 0 amide bonds. The lowest BCUT2D eigenvalue weighted by atomic mass is 10.2. The van der Waals surface area contributed by atoms with E-state index in [0.717, 1.165) is 29.9 Å². The highest BCUT2D eigenvalue weighted by molar-refractivity contribution is 5.91. The highest BCUT2D eigenvalue weighted by atomic mass is 15.1. The van der Waals surface area contributed by atoms with E-state index < -0.39 is 0 Å². The number of anilines is 1. The number of benzene rings is 1. The van der Waals surface area contributed by atoms with Crippen LogP contribution in [0.4, 0.5) is 5.82 Å². The van der Waals surface area contributed by atoms with Crippen LogP contribution >= 0.6 is 0 Å². The van der Waals surface area contributed by atoms with Crippen molar-refractivity contribution in [1.29, 1.82) is 0 Å². The Morgan fingerprint density at radius 3 is 2.46 bits per heavy atom. The summed E-state index contributed by atoms with van der Waals surface area (Å²) in [5, 5.41) is 4.57. The molecule has 0 saturated carbocycles. The van der Waals surface area contributed by atoms with Crippen LogP contribution in [-0.2, 0) is 13.1 Å². The zero-order chi connectivity index (χ0) is 17.9. The molecule has 0 saturated heterocycles. The monoisotopic (exact) mass is 343 g/mol. The first-order valence-electron chi connectivity index (χ1n) is 8.71. The zero-order valence-corrected chi connectivity index (χ0v) is 15.0. The van der Waals surface area contributed by atoms with E-state index in [1.54, 1.807) is 6.33 Å². The summed E-state index contributed by atoms with van der Waals surface area (Å²) in [5.41, 5.74) is 5.81. The molecule has 5 heteroatoms. The van der Waals surface area contributed by atoms with Crippen molar-refractivity contribution in [3.8, 4) is 0 Å². The van der Waals surface area contributed by atoms with Crippen LogP contribution in [0.2, 0.25) is 0 Å². The average molecular weight is 343 g/mol. The molecule has 3 aromatic heterocycles. The van der Waals surface area contributed by atoms with Crippen molar-refractivity contribution in [1.82, 2.24) is 19.5 Å². The van der Waals surface area contributed by atoms with Gasteiger partial charge in [-0.3, -0.25) is 4.98 Å². The van der Waals surface area contributed by atoms with Gasteiger partial charge in [-0.05, 0) is 42.7 Å². The lowest BCUT2D eigenvalue weighted by molar-refractivity contribution is 0.788. The molecule has 0 unspecified atom stereocenters. The van der Waals surface area contributed by atoms with Gasteiger partial charge in [-0.15, -0.1) is 0 Å². The van der Waals surface area contributed by atoms with E-state index in [2.05, 4.69) is 50.8 Å². The Morgan fingerprint density at radius 2 is 1.69 bits per heavy atom. The second-order valence-electron chi connectivity index (χ2n) is 6.41. The van der Waals surface area contributed by atoms with E-state index >= 15 is 0 Å². The van der Waals surface area contributed by atoms with Crippen molar-refractivity contribution in [2.24, 2.45) is 0 Å². The number of nitrogens with one attached hydrogen (secondary N) is 1. The minimum atomic E-state index is 0.737. The van der Waals surface area contributed by atoms with Gasteiger partial charge in [0.2, 0.25) is 0 Å². The molecule has 0 radical (unpaired) electrons.